The van der Waals surface area contributed by atoms with Gasteiger partial charge in [-0.25, -0.2) is 4.79 Å². The largest absolute Gasteiger partial charge is 0.444 e. The van der Waals surface area contributed by atoms with E-state index in [-0.39, 0.29) is 6.04 Å². The van der Waals surface area contributed by atoms with Gasteiger partial charge in [0.15, 0.2) is 0 Å². The summed E-state index contributed by atoms with van der Waals surface area (Å²) < 4.78 is 5.10. The van der Waals surface area contributed by atoms with Gasteiger partial charge in [0.1, 0.15) is 5.60 Å². The average molecular weight is 216 g/mol. The zero-order valence-electron chi connectivity index (χ0n) is 9.54. The van der Waals surface area contributed by atoms with Crippen LogP contribution in [-0.4, -0.2) is 42.0 Å². The Labute approximate surface area is 90.2 Å². The number of alkyl carbamates (subject to hydrolysis) is 1. The highest BCUT2D eigenvalue weighted by atomic mass is 16.6. The molecule has 1 aliphatic rings. The van der Waals surface area contributed by atoms with Gasteiger partial charge in [0.05, 0.1) is 12.1 Å². The first-order valence-corrected chi connectivity index (χ1v) is 5.27. The van der Waals surface area contributed by atoms with Crippen LogP contribution in [0.2, 0.25) is 0 Å². The molecule has 5 nitrogen and oxygen atoms in total. The van der Waals surface area contributed by atoms with Gasteiger partial charge in [0.25, 0.3) is 0 Å². The number of carbonyl (C=O) groups is 1. The number of carbonyl (C=O) groups excluding carboxylic acids is 1. The number of hydrogen-bond acceptors (Lipinski definition) is 4. The number of rotatable bonds is 1. The van der Waals surface area contributed by atoms with Crippen LogP contribution >= 0.6 is 0 Å². The molecule has 2 atom stereocenters. The second-order valence-electron chi connectivity index (χ2n) is 4.81. The molecule has 1 unspecified atom stereocenters. The summed E-state index contributed by atoms with van der Waals surface area (Å²) in [6.45, 7) is 6.79. The van der Waals surface area contributed by atoms with E-state index < -0.39 is 17.8 Å². The first-order valence-electron chi connectivity index (χ1n) is 5.27. The Morgan fingerprint density at radius 2 is 2.20 bits per heavy atom. The minimum absolute atomic E-state index is 0.256. The summed E-state index contributed by atoms with van der Waals surface area (Å²) in [6, 6.07) is -0.256. The van der Waals surface area contributed by atoms with Crippen LogP contribution in [0.25, 0.3) is 0 Å². The van der Waals surface area contributed by atoms with E-state index in [0.717, 1.165) is 6.54 Å². The number of ether oxygens (including phenoxy) is 1. The third kappa shape index (κ3) is 4.48. The molecule has 15 heavy (non-hydrogen) atoms. The Balaban J connectivity index is 2.36. The Bertz CT molecular complexity index is 225. The second-order valence-corrected chi connectivity index (χ2v) is 4.81. The molecule has 1 aliphatic heterocycles. The first kappa shape index (κ1) is 12.3. The Morgan fingerprint density at radius 3 is 2.73 bits per heavy atom. The van der Waals surface area contributed by atoms with E-state index in [4.69, 9.17) is 4.74 Å². The molecular formula is C10H20N2O3. The maximum atomic E-state index is 11.4. The van der Waals surface area contributed by atoms with Crippen LogP contribution < -0.4 is 10.6 Å². The van der Waals surface area contributed by atoms with Crippen LogP contribution in [0.1, 0.15) is 27.2 Å². The van der Waals surface area contributed by atoms with Crippen molar-refractivity contribution >= 4 is 6.09 Å². The Morgan fingerprint density at radius 1 is 1.53 bits per heavy atom. The fraction of sp³-hybridized carbons (Fsp3) is 0.900. The molecule has 1 heterocycles. The average Bonchev–Trinajstić information content (AvgIpc) is 2.05. The molecule has 3 N–H and O–H groups in total. The quantitative estimate of drug-likeness (QED) is 0.587. The van der Waals surface area contributed by atoms with Crippen molar-refractivity contribution in [3.05, 3.63) is 0 Å². The highest BCUT2D eigenvalue weighted by Gasteiger charge is 2.26. The van der Waals surface area contributed by atoms with Crippen LogP contribution in [0, 0.1) is 0 Å². The summed E-state index contributed by atoms with van der Waals surface area (Å²) >= 11 is 0. The third-order valence-electron chi connectivity index (χ3n) is 2.15. The highest BCUT2D eigenvalue weighted by molar-refractivity contribution is 5.68. The van der Waals surface area contributed by atoms with Gasteiger partial charge in [-0.2, -0.15) is 0 Å². The van der Waals surface area contributed by atoms with Gasteiger partial charge in [-0.3, -0.25) is 0 Å². The summed E-state index contributed by atoms with van der Waals surface area (Å²) in [4.78, 5) is 11.4. The smallest absolute Gasteiger partial charge is 0.408 e. The monoisotopic (exact) mass is 216 g/mol. The molecule has 88 valence electrons. The molecule has 1 rings (SSSR count). The van der Waals surface area contributed by atoms with Gasteiger partial charge in [0, 0.05) is 6.54 Å². The molecule has 0 aromatic rings. The lowest BCUT2D eigenvalue weighted by atomic mass is 10.0. The van der Waals surface area contributed by atoms with E-state index in [1.165, 1.54) is 0 Å². The van der Waals surface area contributed by atoms with Crippen molar-refractivity contribution < 1.29 is 14.6 Å². The van der Waals surface area contributed by atoms with Crippen molar-refractivity contribution in [2.75, 3.05) is 13.1 Å². The van der Waals surface area contributed by atoms with Gasteiger partial charge in [-0.15, -0.1) is 0 Å². The van der Waals surface area contributed by atoms with E-state index in [0.29, 0.717) is 13.0 Å². The van der Waals surface area contributed by atoms with Gasteiger partial charge >= 0.3 is 6.09 Å². The molecule has 0 bridgehead atoms. The molecule has 5 heteroatoms. The van der Waals surface area contributed by atoms with Crippen LogP contribution in [0.15, 0.2) is 0 Å². The fourth-order valence-electron chi connectivity index (χ4n) is 1.45. The summed E-state index contributed by atoms with van der Waals surface area (Å²) in [6.07, 6.45) is -0.311. The first-order chi connectivity index (χ1) is 6.88. The predicted molar refractivity (Wildman–Crippen MR) is 56.7 cm³/mol. The number of hydrogen-bond donors (Lipinski definition) is 3. The number of piperidine rings is 1. The van der Waals surface area contributed by atoms with Crippen LogP contribution in [-0.2, 0) is 4.74 Å². The molecule has 0 radical (unpaired) electrons. The number of nitrogens with one attached hydrogen (secondary N) is 2. The van der Waals surface area contributed by atoms with E-state index in [2.05, 4.69) is 10.6 Å². The van der Waals surface area contributed by atoms with Gasteiger partial charge in [-0.1, -0.05) is 0 Å². The van der Waals surface area contributed by atoms with E-state index in [1.54, 1.807) is 0 Å². The zero-order chi connectivity index (χ0) is 11.5. The molecule has 0 aromatic carbocycles. The van der Waals surface area contributed by atoms with Crippen molar-refractivity contribution in [1.29, 1.82) is 0 Å². The van der Waals surface area contributed by atoms with Crippen molar-refractivity contribution in [3.8, 4) is 0 Å². The lowest BCUT2D eigenvalue weighted by molar-refractivity contribution is 0.0383. The van der Waals surface area contributed by atoms with Crippen molar-refractivity contribution in [3.63, 3.8) is 0 Å². The van der Waals surface area contributed by atoms with Crippen molar-refractivity contribution in [2.24, 2.45) is 0 Å². The Hall–Kier alpha value is -0.810. The molecule has 0 aromatic heterocycles. The minimum atomic E-state index is -0.503. The van der Waals surface area contributed by atoms with Crippen molar-refractivity contribution in [2.45, 2.75) is 44.9 Å². The fourth-order valence-corrected chi connectivity index (χ4v) is 1.45. The van der Waals surface area contributed by atoms with Crippen LogP contribution in [0.3, 0.4) is 0 Å². The lowest BCUT2D eigenvalue weighted by Gasteiger charge is -2.30. The highest BCUT2D eigenvalue weighted by Crippen LogP contribution is 2.08. The van der Waals surface area contributed by atoms with Gasteiger partial charge < -0.3 is 20.5 Å². The second kappa shape index (κ2) is 4.81. The topological polar surface area (TPSA) is 70.6 Å². The number of aliphatic hydroxyl groups is 1. The molecule has 0 saturated carbocycles. The summed E-state index contributed by atoms with van der Waals surface area (Å²) in [5.41, 5.74) is -0.503. The zero-order valence-corrected chi connectivity index (χ0v) is 9.54. The molecule has 1 saturated heterocycles. The van der Waals surface area contributed by atoms with Crippen LogP contribution in [0.5, 0.6) is 0 Å². The standard InChI is InChI=1S/C10H20N2O3/c1-10(2,3)15-9(14)12-7-6-11-5-4-8(7)13/h7-8,11,13H,4-6H2,1-3H3,(H,12,14)/t7?,8-/m0/s1. The maximum Gasteiger partial charge on any atom is 0.408 e. The summed E-state index contributed by atoms with van der Waals surface area (Å²) in [5, 5.41) is 15.4. The Kier molecular flexibility index (Phi) is 3.93. The number of aliphatic hydroxyl groups excluding tert-OH is 1. The summed E-state index contributed by atoms with van der Waals surface area (Å²) in [5.74, 6) is 0. The van der Waals surface area contributed by atoms with Gasteiger partial charge in [-0.05, 0) is 33.7 Å². The SMILES string of the molecule is CC(C)(C)OC(=O)NC1CNCC[C@@H]1O. The molecule has 0 aliphatic carbocycles. The minimum Gasteiger partial charge on any atom is -0.444 e. The third-order valence-corrected chi connectivity index (χ3v) is 2.15. The molecule has 1 fully saturated rings. The normalized spacial score (nSPS) is 27.2. The summed E-state index contributed by atoms with van der Waals surface area (Å²) in [7, 11) is 0. The van der Waals surface area contributed by atoms with E-state index >= 15 is 0 Å². The van der Waals surface area contributed by atoms with E-state index in [9.17, 15) is 9.90 Å². The molecule has 1 amide bonds. The maximum absolute atomic E-state index is 11.4. The lowest BCUT2D eigenvalue weighted by Crippen LogP contribution is -2.54. The van der Waals surface area contributed by atoms with E-state index in [1.807, 2.05) is 20.8 Å². The molecule has 0 spiro atoms. The van der Waals surface area contributed by atoms with Crippen LogP contribution in [0.4, 0.5) is 4.79 Å². The van der Waals surface area contributed by atoms with Crippen molar-refractivity contribution in [1.82, 2.24) is 10.6 Å². The number of amides is 1. The molecular weight excluding hydrogens is 196 g/mol. The predicted octanol–water partition coefficient (Wildman–Crippen LogP) is 0.234. The van der Waals surface area contributed by atoms with Gasteiger partial charge in [0.2, 0.25) is 0 Å².